The van der Waals surface area contributed by atoms with E-state index in [0.717, 1.165) is 16.1 Å². The number of ether oxygens (including phenoxy) is 1. The fourth-order valence-electron chi connectivity index (χ4n) is 4.14. The van der Waals surface area contributed by atoms with Gasteiger partial charge in [0.05, 0.1) is 19.1 Å². The molecule has 0 heterocycles. The molecule has 1 atom stereocenters. The van der Waals surface area contributed by atoms with Gasteiger partial charge in [-0.2, -0.15) is 0 Å². The normalized spacial score (nSPS) is 11.9. The first-order valence-electron chi connectivity index (χ1n) is 12.6. The van der Waals surface area contributed by atoms with Crippen molar-refractivity contribution in [3.05, 3.63) is 95.8 Å². The predicted molar refractivity (Wildman–Crippen MR) is 149 cm³/mol. The van der Waals surface area contributed by atoms with Crippen LogP contribution in [0, 0.1) is 5.82 Å². The van der Waals surface area contributed by atoms with Crippen LogP contribution in [-0.4, -0.2) is 57.6 Å². The van der Waals surface area contributed by atoms with Gasteiger partial charge in [-0.3, -0.25) is 13.9 Å². The zero-order valence-corrected chi connectivity index (χ0v) is 23.2. The molecule has 0 aliphatic heterocycles. The number of methoxy groups -OCH3 is 1. The van der Waals surface area contributed by atoms with E-state index < -0.39 is 34.3 Å². The third kappa shape index (κ3) is 8.28. The summed E-state index contributed by atoms with van der Waals surface area (Å²) < 4.78 is 45.7. The van der Waals surface area contributed by atoms with E-state index in [0.29, 0.717) is 18.5 Å². The number of benzene rings is 3. The summed E-state index contributed by atoms with van der Waals surface area (Å²) in [5.74, 6) is -1.11. The largest absolute Gasteiger partial charge is 0.495 e. The maximum absolute atomic E-state index is 14.0. The van der Waals surface area contributed by atoms with E-state index in [1.165, 1.54) is 36.3 Å². The summed E-state index contributed by atoms with van der Waals surface area (Å²) in [7, 11) is -2.51. The van der Waals surface area contributed by atoms with Crippen molar-refractivity contribution in [3.63, 3.8) is 0 Å². The van der Waals surface area contributed by atoms with Gasteiger partial charge in [0.1, 0.15) is 24.2 Å². The first-order valence-corrected chi connectivity index (χ1v) is 14.4. The lowest BCUT2D eigenvalue weighted by molar-refractivity contribution is -0.140. The fourth-order valence-corrected chi connectivity index (χ4v) is 4.99. The number of rotatable bonds is 13. The molecule has 0 aromatic heterocycles. The SMILES string of the molecule is CCCNC(=O)[C@@H](Cc1ccccc1)N(Cc1ccc(F)cc1)C(=O)CN(c1ccccc1OC)S(C)(=O)=O. The minimum Gasteiger partial charge on any atom is -0.495 e. The van der Waals surface area contributed by atoms with Gasteiger partial charge in [-0.1, -0.05) is 61.5 Å². The number of carbonyl (C=O) groups excluding carboxylic acids is 2. The molecule has 10 heteroatoms. The van der Waals surface area contributed by atoms with E-state index >= 15 is 0 Å². The number of anilines is 1. The Kier molecular flexibility index (Phi) is 10.4. The van der Waals surface area contributed by atoms with Crippen LogP contribution in [0.5, 0.6) is 5.75 Å². The molecule has 0 unspecified atom stereocenters. The molecule has 0 saturated heterocycles. The summed E-state index contributed by atoms with van der Waals surface area (Å²) in [6, 6.07) is 20.4. The van der Waals surface area contributed by atoms with Gasteiger partial charge in [-0.25, -0.2) is 12.8 Å². The second kappa shape index (κ2) is 13.7. The Labute approximate surface area is 229 Å². The first-order chi connectivity index (χ1) is 18.6. The van der Waals surface area contributed by atoms with Crippen molar-refractivity contribution in [1.82, 2.24) is 10.2 Å². The molecule has 39 heavy (non-hydrogen) atoms. The number of hydrogen-bond donors (Lipinski definition) is 1. The Balaban J connectivity index is 2.05. The average Bonchev–Trinajstić information content (AvgIpc) is 2.93. The number of hydrogen-bond acceptors (Lipinski definition) is 5. The second-order valence-corrected chi connectivity index (χ2v) is 11.0. The predicted octanol–water partition coefficient (Wildman–Crippen LogP) is 3.77. The van der Waals surface area contributed by atoms with E-state index in [9.17, 15) is 22.4 Å². The number of nitrogens with zero attached hydrogens (tertiary/aromatic N) is 2. The summed E-state index contributed by atoms with van der Waals surface area (Å²) in [6.45, 7) is 1.75. The van der Waals surface area contributed by atoms with Gasteiger partial charge < -0.3 is 15.0 Å². The molecule has 1 N–H and O–H groups in total. The number of sulfonamides is 1. The summed E-state index contributed by atoms with van der Waals surface area (Å²) in [6.07, 6.45) is 1.91. The van der Waals surface area contributed by atoms with Gasteiger partial charge in [0.2, 0.25) is 21.8 Å². The fraction of sp³-hybridized carbons (Fsp3) is 0.310. The Morgan fingerprint density at radius 2 is 1.59 bits per heavy atom. The first kappa shape index (κ1) is 29.6. The van der Waals surface area contributed by atoms with E-state index in [2.05, 4.69) is 5.32 Å². The third-order valence-electron chi connectivity index (χ3n) is 6.12. The topological polar surface area (TPSA) is 96.0 Å². The van der Waals surface area contributed by atoms with Crippen LogP contribution in [0.25, 0.3) is 0 Å². The molecule has 8 nitrogen and oxygen atoms in total. The lowest BCUT2D eigenvalue weighted by Gasteiger charge is -2.33. The van der Waals surface area contributed by atoms with E-state index in [4.69, 9.17) is 4.74 Å². The Morgan fingerprint density at radius 1 is 0.949 bits per heavy atom. The molecule has 0 radical (unpaired) electrons. The quantitative estimate of drug-likeness (QED) is 0.347. The lowest BCUT2D eigenvalue weighted by Crippen LogP contribution is -2.53. The minimum atomic E-state index is -3.92. The molecule has 0 fully saturated rings. The molecule has 0 aliphatic rings. The van der Waals surface area contributed by atoms with Gasteiger partial charge in [0, 0.05) is 19.5 Å². The zero-order valence-electron chi connectivity index (χ0n) is 22.3. The molecule has 3 rings (SSSR count). The summed E-state index contributed by atoms with van der Waals surface area (Å²) >= 11 is 0. The Morgan fingerprint density at radius 3 is 2.21 bits per heavy atom. The molecule has 0 saturated carbocycles. The van der Waals surface area contributed by atoms with Crippen molar-refractivity contribution in [3.8, 4) is 5.75 Å². The van der Waals surface area contributed by atoms with Crippen molar-refractivity contribution in [2.75, 3.05) is 30.8 Å². The highest BCUT2D eigenvalue weighted by molar-refractivity contribution is 7.92. The van der Waals surface area contributed by atoms with Crippen LogP contribution in [0.4, 0.5) is 10.1 Å². The average molecular weight is 556 g/mol. The van der Waals surface area contributed by atoms with Crippen molar-refractivity contribution in [2.45, 2.75) is 32.4 Å². The number of amides is 2. The molecule has 208 valence electrons. The van der Waals surface area contributed by atoms with E-state index in [-0.39, 0.29) is 30.3 Å². The van der Waals surface area contributed by atoms with Crippen molar-refractivity contribution >= 4 is 27.5 Å². The molecule has 0 aliphatic carbocycles. The van der Waals surface area contributed by atoms with Gasteiger partial charge in [0.25, 0.3) is 0 Å². The molecular weight excluding hydrogens is 521 g/mol. The Hall–Kier alpha value is -3.92. The molecular formula is C29H34FN3O5S. The van der Waals surface area contributed by atoms with E-state index in [1.54, 1.807) is 24.3 Å². The molecule has 0 bridgehead atoms. The minimum absolute atomic E-state index is 0.0281. The Bertz CT molecular complexity index is 1350. The van der Waals surface area contributed by atoms with Crippen molar-refractivity contribution < 1.29 is 27.1 Å². The van der Waals surface area contributed by atoms with Gasteiger partial charge in [-0.15, -0.1) is 0 Å². The smallest absolute Gasteiger partial charge is 0.244 e. The summed E-state index contributed by atoms with van der Waals surface area (Å²) in [4.78, 5) is 28.8. The summed E-state index contributed by atoms with van der Waals surface area (Å²) in [5, 5.41) is 2.87. The van der Waals surface area contributed by atoms with Crippen molar-refractivity contribution in [2.24, 2.45) is 0 Å². The van der Waals surface area contributed by atoms with Crippen LogP contribution in [0.15, 0.2) is 78.9 Å². The van der Waals surface area contributed by atoms with E-state index in [1.807, 2.05) is 37.3 Å². The highest BCUT2D eigenvalue weighted by Crippen LogP contribution is 2.30. The lowest BCUT2D eigenvalue weighted by atomic mass is 10.0. The standard InChI is InChI=1S/C29H34FN3O5S/c1-4-18-31-29(35)26(19-22-10-6-5-7-11-22)32(20-23-14-16-24(30)17-15-23)28(34)21-33(39(3,36)37)25-12-8-9-13-27(25)38-2/h5-17,26H,4,18-21H2,1-3H3,(H,31,35)/t26-/m1/s1. The zero-order chi connectivity index (χ0) is 28.4. The van der Waals surface area contributed by atoms with Crippen LogP contribution >= 0.6 is 0 Å². The van der Waals surface area contributed by atoms with Gasteiger partial charge >= 0.3 is 0 Å². The molecule has 2 amide bonds. The van der Waals surface area contributed by atoms with Crippen LogP contribution in [0.3, 0.4) is 0 Å². The highest BCUT2D eigenvalue weighted by atomic mass is 32.2. The number of carbonyl (C=O) groups is 2. The molecule has 3 aromatic carbocycles. The number of halogens is 1. The monoisotopic (exact) mass is 555 g/mol. The number of para-hydroxylation sites is 2. The van der Waals surface area contributed by atoms with Crippen molar-refractivity contribution in [1.29, 1.82) is 0 Å². The van der Waals surface area contributed by atoms with Crippen LogP contribution in [0.2, 0.25) is 0 Å². The maximum Gasteiger partial charge on any atom is 0.244 e. The van der Waals surface area contributed by atoms with Crippen LogP contribution in [-0.2, 0) is 32.6 Å². The molecule has 0 spiro atoms. The van der Waals surface area contributed by atoms with Crippen LogP contribution < -0.4 is 14.4 Å². The second-order valence-electron chi connectivity index (χ2n) is 9.09. The third-order valence-corrected chi connectivity index (χ3v) is 7.25. The summed E-state index contributed by atoms with van der Waals surface area (Å²) in [5.41, 5.74) is 1.62. The number of nitrogens with one attached hydrogen (secondary N) is 1. The molecule has 3 aromatic rings. The van der Waals surface area contributed by atoms with Gasteiger partial charge in [-0.05, 0) is 41.8 Å². The maximum atomic E-state index is 14.0. The van der Waals surface area contributed by atoms with Crippen LogP contribution in [0.1, 0.15) is 24.5 Å². The highest BCUT2D eigenvalue weighted by Gasteiger charge is 2.33. The van der Waals surface area contributed by atoms with Gasteiger partial charge in [0.15, 0.2) is 0 Å².